The van der Waals surface area contributed by atoms with Crippen LogP contribution in [-0.2, 0) is 0 Å². The zero-order valence-electron chi connectivity index (χ0n) is 12.4. The lowest BCUT2D eigenvalue weighted by Gasteiger charge is -2.29. The lowest BCUT2D eigenvalue weighted by Crippen LogP contribution is -2.34. The average molecular weight is 249 g/mol. The second-order valence-corrected chi connectivity index (χ2v) is 5.69. The summed E-state index contributed by atoms with van der Waals surface area (Å²) < 4.78 is 0. The summed E-state index contributed by atoms with van der Waals surface area (Å²) in [6, 6.07) is 6.17. The number of nitrogens with zero attached hydrogens (tertiary/aromatic N) is 2. The van der Waals surface area contributed by atoms with E-state index in [1.54, 1.807) is 0 Å². The maximum absolute atomic E-state index is 5.91. The number of anilines is 2. The Labute approximate surface area is 112 Å². The molecule has 0 heterocycles. The quantitative estimate of drug-likeness (QED) is 0.787. The minimum atomic E-state index is 0.646. The van der Waals surface area contributed by atoms with Gasteiger partial charge in [0.15, 0.2) is 0 Å². The van der Waals surface area contributed by atoms with Crippen LogP contribution in [0.1, 0.15) is 19.4 Å². The van der Waals surface area contributed by atoms with Gasteiger partial charge in [0.25, 0.3) is 0 Å². The summed E-state index contributed by atoms with van der Waals surface area (Å²) >= 11 is 0. The van der Waals surface area contributed by atoms with Crippen molar-refractivity contribution in [2.24, 2.45) is 5.92 Å². The minimum Gasteiger partial charge on any atom is -0.399 e. The molecule has 18 heavy (non-hydrogen) atoms. The van der Waals surface area contributed by atoms with E-state index in [9.17, 15) is 0 Å². The van der Waals surface area contributed by atoms with Crippen molar-refractivity contribution in [3.63, 3.8) is 0 Å². The van der Waals surface area contributed by atoms with Crippen molar-refractivity contribution in [2.75, 3.05) is 44.4 Å². The van der Waals surface area contributed by atoms with Crippen LogP contribution >= 0.6 is 0 Å². The molecule has 3 nitrogen and oxygen atoms in total. The molecule has 0 aromatic heterocycles. The third kappa shape index (κ3) is 4.57. The number of hydrogen-bond acceptors (Lipinski definition) is 3. The molecule has 0 aliphatic carbocycles. The monoisotopic (exact) mass is 249 g/mol. The summed E-state index contributed by atoms with van der Waals surface area (Å²) in [5.74, 6) is 0.646. The first-order valence-corrected chi connectivity index (χ1v) is 6.66. The van der Waals surface area contributed by atoms with E-state index in [0.717, 1.165) is 25.3 Å². The van der Waals surface area contributed by atoms with Crippen LogP contribution in [-0.4, -0.2) is 38.6 Å². The van der Waals surface area contributed by atoms with Crippen LogP contribution in [0.25, 0.3) is 0 Å². The normalized spacial score (nSPS) is 11.3. The average Bonchev–Trinajstić information content (AvgIpc) is 2.27. The smallest absolute Gasteiger partial charge is 0.0417 e. The first-order valence-electron chi connectivity index (χ1n) is 6.66. The molecule has 0 unspecified atom stereocenters. The van der Waals surface area contributed by atoms with Gasteiger partial charge in [0.1, 0.15) is 0 Å². The summed E-state index contributed by atoms with van der Waals surface area (Å²) in [5, 5.41) is 0. The van der Waals surface area contributed by atoms with Gasteiger partial charge in [-0.1, -0.05) is 19.9 Å². The fraction of sp³-hybridized carbons (Fsp3) is 0.600. The van der Waals surface area contributed by atoms with Gasteiger partial charge in [-0.15, -0.1) is 0 Å². The van der Waals surface area contributed by atoms with Gasteiger partial charge in [-0.25, -0.2) is 0 Å². The standard InChI is InChI=1S/C15H27N3/c1-12(2)11-18(9-8-17(4)5)15-10-14(16)7-6-13(15)3/h6-7,10,12H,8-9,11,16H2,1-5H3. The molecule has 0 saturated heterocycles. The van der Waals surface area contributed by atoms with Crippen molar-refractivity contribution >= 4 is 11.4 Å². The van der Waals surface area contributed by atoms with Crippen LogP contribution in [0, 0.1) is 12.8 Å². The highest BCUT2D eigenvalue weighted by atomic mass is 15.2. The Bertz CT molecular complexity index is 372. The SMILES string of the molecule is Cc1ccc(N)cc1N(CCN(C)C)CC(C)C. The maximum Gasteiger partial charge on any atom is 0.0417 e. The molecule has 0 radical (unpaired) electrons. The van der Waals surface area contributed by atoms with E-state index < -0.39 is 0 Å². The third-order valence-electron chi connectivity index (χ3n) is 2.98. The Morgan fingerprint density at radius 2 is 1.83 bits per heavy atom. The molecular formula is C15H27N3. The Kier molecular flexibility index (Phi) is 5.48. The maximum atomic E-state index is 5.91. The predicted octanol–water partition coefficient (Wildman–Crippen LogP) is 2.60. The zero-order chi connectivity index (χ0) is 13.7. The molecule has 3 heteroatoms. The predicted molar refractivity (Wildman–Crippen MR) is 81.2 cm³/mol. The molecule has 0 fully saturated rings. The van der Waals surface area contributed by atoms with Gasteiger partial charge in [-0.2, -0.15) is 0 Å². The largest absolute Gasteiger partial charge is 0.399 e. The minimum absolute atomic E-state index is 0.646. The van der Waals surface area contributed by atoms with Gasteiger partial charge in [-0.3, -0.25) is 0 Å². The van der Waals surface area contributed by atoms with E-state index in [4.69, 9.17) is 5.73 Å². The molecule has 0 amide bonds. The van der Waals surface area contributed by atoms with E-state index in [0.29, 0.717) is 5.92 Å². The highest BCUT2D eigenvalue weighted by Crippen LogP contribution is 2.23. The van der Waals surface area contributed by atoms with Crippen molar-refractivity contribution in [1.82, 2.24) is 4.90 Å². The molecule has 0 aliphatic heterocycles. The topological polar surface area (TPSA) is 32.5 Å². The molecule has 0 saturated carbocycles. The van der Waals surface area contributed by atoms with Gasteiger partial charge in [0.2, 0.25) is 0 Å². The van der Waals surface area contributed by atoms with Crippen molar-refractivity contribution in [1.29, 1.82) is 0 Å². The molecule has 0 bridgehead atoms. The summed E-state index contributed by atoms with van der Waals surface area (Å²) in [7, 11) is 4.22. The van der Waals surface area contributed by atoms with E-state index in [1.807, 2.05) is 6.07 Å². The van der Waals surface area contributed by atoms with E-state index in [-0.39, 0.29) is 0 Å². The lowest BCUT2D eigenvalue weighted by atomic mass is 10.1. The van der Waals surface area contributed by atoms with Crippen LogP contribution in [0.15, 0.2) is 18.2 Å². The first-order chi connectivity index (χ1) is 8.40. The van der Waals surface area contributed by atoms with E-state index in [1.165, 1.54) is 11.3 Å². The number of nitrogen functional groups attached to an aromatic ring is 1. The molecular weight excluding hydrogens is 222 g/mol. The molecule has 1 aromatic rings. The molecule has 0 aliphatic rings. The zero-order valence-corrected chi connectivity index (χ0v) is 12.4. The molecule has 0 atom stereocenters. The van der Waals surface area contributed by atoms with Crippen LogP contribution in [0.4, 0.5) is 11.4 Å². The number of aryl methyl sites for hydroxylation is 1. The molecule has 1 rings (SSSR count). The van der Waals surface area contributed by atoms with Crippen molar-refractivity contribution in [3.05, 3.63) is 23.8 Å². The van der Waals surface area contributed by atoms with Crippen molar-refractivity contribution in [2.45, 2.75) is 20.8 Å². The Balaban J connectivity index is 2.89. The fourth-order valence-electron chi connectivity index (χ4n) is 2.04. The Morgan fingerprint density at radius 1 is 1.17 bits per heavy atom. The number of rotatable bonds is 6. The lowest BCUT2D eigenvalue weighted by molar-refractivity contribution is 0.409. The van der Waals surface area contributed by atoms with Crippen LogP contribution in [0.3, 0.4) is 0 Å². The van der Waals surface area contributed by atoms with E-state index in [2.05, 4.69) is 56.8 Å². The fourth-order valence-corrected chi connectivity index (χ4v) is 2.04. The summed E-state index contributed by atoms with van der Waals surface area (Å²) in [6.45, 7) is 9.82. The van der Waals surface area contributed by atoms with Crippen LogP contribution in [0.5, 0.6) is 0 Å². The Hall–Kier alpha value is -1.22. The second-order valence-electron chi connectivity index (χ2n) is 5.69. The number of benzene rings is 1. The highest BCUT2D eigenvalue weighted by molar-refractivity contribution is 5.60. The highest BCUT2D eigenvalue weighted by Gasteiger charge is 2.11. The first kappa shape index (κ1) is 14.8. The van der Waals surface area contributed by atoms with Gasteiger partial charge >= 0.3 is 0 Å². The van der Waals surface area contributed by atoms with Gasteiger partial charge in [0, 0.05) is 31.0 Å². The summed E-state index contributed by atoms with van der Waals surface area (Å²) in [4.78, 5) is 4.66. The summed E-state index contributed by atoms with van der Waals surface area (Å²) in [6.07, 6.45) is 0. The van der Waals surface area contributed by atoms with Crippen molar-refractivity contribution in [3.8, 4) is 0 Å². The van der Waals surface area contributed by atoms with Crippen LogP contribution < -0.4 is 10.6 Å². The van der Waals surface area contributed by atoms with Crippen LogP contribution in [0.2, 0.25) is 0 Å². The molecule has 102 valence electrons. The third-order valence-corrected chi connectivity index (χ3v) is 2.98. The molecule has 0 spiro atoms. The summed E-state index contributed by atoms with van der Waals surface area (Å²) in [5.41, 5.74) is 9.32. The second kappa shape index (κ2) is 6.64. The number of hydrogen-bond donors (Lipinski definition) is 1. The van der Waals surface area contributed by atoms with Crippen molar-refractivity contribution < 1.29 is 0 Å². The van der Waals surface area contributed by atoms with Gasteiger partial charge in [-0.05, 0) is 44.6 Å². The number of nitrogens with two attached hydrogens (primary N) is 1. The molecule has 2 N–H and O–H groups in total. The number of likely N-dealkylation sites (N-methyl/N-ethyl adjacent to an activating group) is 1. The molecule has 1 aromatic carbocycles. The van der Waals surface area contributed by atoms with E-state index >= 15 is 0 Å². The van der Waals surface area contributed by atoms with Gasteiger partial charge < -0.3 is 15.5 Å². The van der Waals surface area contributed by atoms with Gasteiger partial charge in [0.05, 0.1) is 0 Å². The Morgan fingerprint density at radius 3 is 2.39 bits per heavy atom.